The number of phenols is 1. The van der Waals surface area contributed by atoms with Crippen LogP contribution in [0.2, 0.25) is 0 Å². The van der Waals surface area contributed by atoms with E-state index in [4.69, 9.17) is 0 Å². The van der Waals surface area contributed by atoms with Crippen molar-refractivity contribution >= 4 is 0 Å². The molecule has 0 saturated heterocycles. The highest BCUT2D eigenvalue weighted by molar-refractivity contribution is 5.28. The lowest BCUT2D eigenvalue weighted by molar-refractivity contribution is 0.0785. The molecule has 1 N–H and O–H groups in total. The number of allylic oxidation sites excluding steroid dienone is 1. The van der Waals surface area contributed by atoms with Crippen LogP contribution in [-0.2, 0) is 6.42 Å². The molecular formula is C19H30O. The average Bonchev–Trinajstić information content (AvgIpc) is 2.48. The number of hydrogen-bond donors (Lipinski definition) is 1. The van der Waals surface area contributed by atoms with E-state index in [1.165, 1.54) is 12.0 Å². The minimum atomic E-state index is 0.127. The van der Waals surface area contributed by atoms with Crippen molar-refractivity contribution in [3.05, 3.63) is 42.5 Å². The van der Waals surface area contributed by atoms with E-state index in [9.17, 15) is 5.11 Å². The van der Waals surface area contributed by atoms with Crippen molar-refractivity contribution in [2.45, 2.75) is 59.8 Å². The number of hydrogen-bond acceptors (Lipinski definition) is 1. The predicted octanol–water partition coefficient (Wildman–Crippen LogP) is 5.73. The van der Waals surface area contributed by atoms with Gasteiger partial charge in [0.1, 0.15) is 5.75 Å². The van der Waals surface area contributed by atoms with Crippen LogP contribution in [0.4, 0.5) is 0 Å². The van der Waals surface area contributed by atoms with E-state index in [2.05, 4.69) is 40.3 Å². The Labute approximate surface area is 124 Å². The molecule has 0 aromatic heterocycles. The molecule has 0 amide bonds. The van der Waals surface area contributed by atoms with Gasteiger partial charge in [0.2, 0.25) is 0 Å². The molecule has 1 unspecified atom stereocenters. The Kier molecular flexibility index (Phi) is 5.86. The Balaban J connectivity index is 3.16. The van der Waals surface area contributed by atoms with E-state index in [-0.39, 0.29) is 10.8 Å². The molecule has 0 bridgehead atoms. The lowest BCUT2D eigenvalue weighted by atomic mass is 9.57. The first-order chi connectivity index (χ1) is 9.46. The second-order valence-corrected chi connectivity index (χ2v) is 6.22. The first kappa shape index (κ1) is 16.8. The van der Waals surface area contributed by atoms with Crippen LogP contribution in [0.25, 0.3) is 0 Å². The largest absolute Gasteiger partial charge is 0.508 e. The van der Waals surface area contributed by atoms with E-state index in [1.54, 1.807) is 12.1 Å². The van der Waals surface area contributed by atoms with Crippen LogP contribution < -0.4 is 0 Å². The number of benzene rings is 1. The predicted molar refractivity (Wildman–Crippen MR) is 88.0 cm³/mol. The van der Waals surface area contributed by atoms with E-state index in [0.717, 1.165) is 25.7 Å². The Bertz CT molecular complexity index is 414. The van der Waals surface area contributed by atoms with Crippen LogP contribution in [0.15, 0.2) is 36.9 Å². The summed E-state index contributed by atoms with van der Waals surface area (Å²) in [5.41, 5.74) is 1.68. The second-order valence-electron chi connectivity index (χ2n) is 6.22. The fourth-order valence-corrected chi connectivity index (χ4v) is 3.40. The molecule has 0 aliphatic heterocycles. The summed E-state index contributed by atoms with van der Waals surface area (Å²) in [7, 11) is 0. The van der Waals surface area contributed by atoms with E-state index in [0.29, 0.717) is 5.75 Å². The summed E-state index contributed by atoms with van der Waals surface area (Å²) in [5.74, 6) is 0.335. The van der Waals surface area contributed by atoms with Gasteiger partial charge in [0.15, 0.2) is 0 Å². The van der Waals surface area contributed by atoms with Crippen LogP contribution in [-0.4, -0.2) is 5.11 Å². The van der Waals surface area contributed by atoms with Crippen molar-refractivity contribution in [1.29, 1.82) is 0 Å². The summed E-state index contributed by atoms with van der Waals surface area (Å²) in [6.45, 7) is 13.4. The summed E-state index contributed by atoms with van der Waals surface area (Å²) in [6, 6.07) is 7.64. The van der Waals surface area contributed by atoms with Crippen molar-refractivity contribution in [3.8, 4) is 5.75 Å². The number of aromatic hydroxyl groups is 1. The summed E-state index contributed by atoms with van der Waals surface area (Å²) < 4.78 is 0. The molecule has 0 saturated carbocycles. The van der Waals surface area contributed by atoms with Gasteiger partial charge in [-0.1, -0.05) is 52.3 Å². The van der Waals surface area contributed by atoms with Gasteiger partial charge >= 0.3 is 0 Å². The van der Waals surface area contributed by atoms with Gasteiger partial charge in [0.25, 0.3) is 0 Å². The molecule has 1 rings (SSSR count). The molecule has 1 heteroatoms. The van der Waals surface area contributed by atoms with E-state index >= 15 is 0 Å². The van der Waals surface area contributed by atoms with Crippen molar-refractivity contribution in [2.24, 2.45) is 10.8 Å². The fraction of sp³-hybridized carbons (Fsp3) is 0.579. The Hall–Kier alpha value is -1.24. The summed E-state index contributed by atoms with van der Waals surface area (Å²) in [6.07, 6.45) is 7.84. The molecule has 1 atom stereocenters. The Morgan fingerprint density at radius 3 is 2.05 bits per heavy atom. The average molecular weight is 274 g/mol. The van der Waals surface area contributed by atoms with Gasteiger partial charge in [-0.3, -0.25) is 0 Å². The van der Waals surface area contributed by atoms with Gasteiger partial charge in [0.05, 0.1) is 0 Å². The van der Waals surface area contributed by atoms with E-state index < -0.39 is 0 Å². The molecule has 0 aliphatic rings. The van der Waals surface area contributed by atoms with Crippen molar-refractivity contribution in [1.82, 2.24) is 0 Å². The van der Waals surface area contributed by atoms with Crippen molar-refractivity contribution < 1.29 is 5.11 Å². The lowest BCUT2D eigenvalue weighted by Gasteiger charge is -2.47. The Morgan fingerprint density at radius 2 is 1.65 bits per heavy atom. The zero-order valence-corrected chi connectivity index (χ0v) is 13.6. The van der Waals surface area contributed by atoms with Gasteiger partial charge in [-0.25, -0.2) is 0 Å². The highest BCUT2D eigenvalue weighted by Gasteiger charge is 2.42. The molecule has 0 aliphatic carbocycles. The molecule has 112 valence electrons. The minimum Gasteiger partial charge on any atom is -0.508 e. The molecular weight excluding hydrogens is 244 g/mol. The molecule has 0 spiro atoms. The second kappa shape index (κ2) is 6.97. The third-order valence-electron chi connectivity index (χ3n) is 5.31. The summed E-state index contributed by atoms with van der Waals surface area (Å²) in [4.78, 5) is 0. The first-order valence-corrected chi connectivity index (χ1v) is 7.88. The molecule has 0 radical (unpaired) electrons. The van der Waals surface area contributed by atoms with Gasteiger partial charge < -0.3 is 5.11 Å². The van der Waals surface area contributed by atoms with Gasteiger partial charge in [-0.15, -0.1) is 6.58 Å². The van der Waals surface area contributed by atoms with Crippen molar-refractivity contribution in [3.63, 3.8) is 0 Å². The molecule has 1 nitrogen and oxygen atoms in total. The smallest absolute Gasteiger partial charge is 0.115 e. The van der Waals surface area contributed by atoms with Gasteiger partial charge in [-0.05, 0) is 54.2 Å². The zero-order valence-electron chi connectivity index (χ0n) is 13.6. The lowest BCUT2D eigenvalue weighted by Crippen LogP contribution is -2.39. The quantitative estimate of drug-likeness (QED) is 0.600. The highest BCUT2D eigenvalue weighted by atomic mass is 16.3. The number of phenolic OH excluding ortho intramolecular Hbond substituents is 1. The van der Waals surface area contributed by atoms with Crippen LogP contribution in [0.5, 0.6) is 5.75 Å². The molecule has 0 heterocycles. The summed E-state index contributed by atoms with van der Waals surface area (Å²) >= 11 is 0. The molecule has 1 aromatic carbocycles. The maximum absolute atomic E-state index is 9.45. The maximum Gasteiger partial charge on any atom is 0.115 e. The SMILES string of the molecule is C=CC(CCC)(Cc1ccc(O)cc1)C(C)(CC)CC. The third kappa shape index (κ3) is 3.26. The van der Waals surface area contributed by atoms with Crippen LogP contribution >= 0.6 is 0 Å². The zero-order chi connectivity index (χ0) is 15.2. The third-order valence-corrected chi connectivity index (χ3v) is 5.31. The van der Waals surface area contributed by atoms with Gasteiger partial charge in [0, 0.05) is 0 Å². The molecule has 20 heavy (non-hydrogen) atoms. The normalized spacial score (nSPS) is 14.8. The fourth-order valence-electron chi connectivity index (χ4n) is 3.40. The Morgan fingerprint density at radius 1 is 1.10 bits per heavy atom. The molecule has 1 aromatic rings. The topological polar surface area (TPSA) is 20.2 Å². The van der Waals surface area contributed by atoms with Crippen LogP contribution in [0.3, 0.4) is 0 Å². The summed E-state index contributed by atoms with van der Waals surface area (Å²) in [5, 5.41) is 9.45. The highest BCUT2D eigenvalue weighted by Crippen LogP contribution is 2.51. The van der Waals surface area contributed by atoms with Crippen LogP contribution in [0, 0.1) is 10.8 Å². The monoisotopic (exact) mass is 274 g/mol. The molecule has 0 fully saturated rings. The minimum absolute atomic E-state index is 0.127. The number of rotatable bonds is 8. The van der Waals surface area contributed by atoms with E-state index in [1.807, 2.05) is 12.1 Å². The van der Waals surface area contributed by atoms with Crippen LogP contribution in [0.1, 0.15) is 58.9 Å². The maximum atomic E-state index is 9.45. The standard InChI is InChI=1S/C19H30O/c1-6-14-19(9-4,18(5,7-2)8-3)15-16-10-12-17(20)13-11-16/h9-13,20H,4,6-8,14-15H2,1-3,5H3. The van der Waals surface area contributed by atoms with Gasteiger partial charge in [-0.2, -0.15) is 0 Å². The van der Waals surface area contributed by atoms with Crippen molar-refractivity contribution in [2.75, 3.05) is 0 Å². The first-order valence-electron chi connectivity index (χ1n) is 7.88.